The number of hydrogen-bond acceptors (Lipinski definition) is 4. The first kappa shape index (κ1) is 14.0. The molecule has 1 heterocycles. The molecule has 0 saturated heterocycles. The van der Waals surface area contributed by atoms with Crippen molar-refractivity contribution in [3.8, 4) is 6.07 Å². The number of fused-ring (bicyclic) bond motifs is 1. The van der Waals surface area contributed by atoms with Gasteiger partial charge in [-0.25, -0.2) is 4.79 Å². The standard InChI is InChI=1S/C16H16N2O2/c1-4-13-11(3)15(16(19)20-10(2)9-17)12-7-5-6-8-14(12)18-13/h5-8,10H,4H2,1-3H3. The lowest BCUT2D eigenvalue weighted by molar-refractivity contribution is 0.0437. The van der Waals surface area contributed by atoms with Crippen LogP contribution in [-0.2, 0) is 11.2 Å². The lowest BCUT2D eigenvalue weighted by Crippen LogP contribution is -2.16. The Morgan fingerprint density at radius 1 is 1.45 bits per heavy atom. The van der Waals surface area contributed by atoms with Crippen LogP contribution in [0.2, 0.25) is 0 Å². The largest absolute Gasteiger partial charge is 0.444 e. The number of hydrogen-bond donors (Lipinski definition) is 0. The molecule has 0 bridgehead atoms. The van der Waals surface area contributed by atoms with Crippen molar-refractivity contribution in [2.75, 3.05) is 0 Å². The number of ether oxygens (including phenoxy) is 1. The maximum Gasteiger partial charge on any atom is 0.340 e. The lowest BCUT2D eigenvalue weighted by atomic mass is 10.0. The summed E-state index contributed by atoms with van der Waals surface area (Å²) in [6.07, 6.45) is -0.0241. The Hall–Kier alpha value is -2.41. The summed E-state index contributed by atoms with van der Waals surface area (Å²) in [7, 11) is 0. The third-order valence-electron chi connectivity index (χ3n) is 3.24. The van der Waals surface area contributed by atoms with Gasteiger partial charge in [0.15, 0.2) is 6.10 Å². The summed E-state index contributed by atoms with van der Waals surface area (Å²) in [6, 6.07) is 9.37. The van der Waals surface area contributed by atoms with E-state index in [9.17, 15) is 4.79 Å². The average molecular weight is 268 g/mol. The predicted molar refractivity (Wildman–Crippen MR) is 76.3 cm³/mol. The highest BCUT2D eigenvalue weighted by atomic mass is 16.5. The Bertz CT molecular complexity index is 701. The smallest absolute Gasteiger partial charge is 0.340 e. The van der Waals surface area contributed by atoms with Gasteiger partial charge in [-0.2, -0.15) is 5.26 Å². The van der Waals surface area contributed by atoms with E-state index in [4.69, 9.17) is 10.00 Å². The van der Waals surface area contributed by atoms with Crippen LogP contribution in [0, 0.1) is 18.3 Å². The van der Waals surface area contributed by atoms with Crippen LogP contribution in [0.4, 0.5) is 0 Å². The summed E-state index contributed by atoms with van der Waals surface area (Å²) in [5, 5.41) is 9.54. The number of nitrogens with zero attached hydrogens (tertiary/aromatic N) is 2. The first-order chi connectivity index (χ1) is 9.58. The van der Waals surface area contributed by atoms with Gasteiger partial charge in [0.05, 0.1) is 11.1 Å². The normalized spacial score (nSPS) is 11.9. The third-order valence-corrected chi connectivity index (χ3v) is 3.24. The molecule has 20 heavy (non-hydrogen) atoms. The van der Waals surface area contributed by atoms with Crippen molar-refractivity contribution in [3.63, 3.8) is 0 Å². The summed E-state index contributed by atoms with van der Waals surface area (Å²) in [5.41, 5.74) is 2.97. The topological polar surface area (TPSA) is 63.0 Å². The van der Waals surface area contributed by atoms with Gasteiger partial charge in [-0.05, 0) is 31.9 Å². The van der Waals surface area contributed by atoms with Crippen molar-refractivity contribution in [3.05, 3.63) is 41.1 Å². The third kappa shape index (κ3) is 2.48. The second-order valence-corrected chi connectivity index (χ2v) is 4.61. The molecule has 0 aliphatic carbocycles. The first-order valence-electron chi connectivity index (χ1n) is 6.57. The number of nitriles is 1. The van der Waals surface area contributed by atoms with E-state index in [1.165, 1.54) is 0 Å². The van der Waals surface area contributed by atoms with Crippen molar-refractivity contribution in [1.29, 1.82) is 5.26 Å². The molecule has 1 atom stereocenters. The summed E-state index contributed by atoms with van der Waals surface area (Å²) in [5.74, 6) is -0.468. The molecule has 0 N–H and O–H groups in total. The Morgan fingerprint density at radius 2 is 2.15 bits per heavy atom. The van der Waals surface area contributed by atoms with Gasteiger partial charge < -0.3 is 4.74 Å². The minimum Gasteiger partial charge on any atom is -0.444 e. The quantitative estimate of drug-likeness (QED) is 0.802. The maximum atomic E-state index is 12.3. The molecule has 0 aliphatic heterocycles. The van der Waals surface area contributed by atoms with Crippen LogP contribution in [0.3, 0.4) is 0 Å². The Balaban J connectivity index is 2.64. The van der Waals surface area contributed by atoms with Crippen LogP contribution in [-0.4, -0.2) is 17.1 Å². The molecule has 2 aromatic rings. The fourth-order valence-corrected chi connectivity index (χ4v) is 2.21. The van der Waals surface area contributed by atoms with Crippen molar-refractivity contribution in [2.45, 2.75) is 33.3 Å². The molecule has 1 unspecified atom stereocenters. The highest BCUT2D eigenvalue weighted by Gasteiger charge is 2.20. The van der Waals surface area contributed by atoms with E-state index < -0.39 is 12.1 Å². The minimum absolute atomic E-state index is 0.468. The zero-order valence-electron chi connectivity index (χ0n) is 11.8. The van der Waals surface area contributed by atoms with Gasteiger partial charge in [0.1, 0.15) is 6.07 Å². The van der Waals surface area contributed by atoms with Crippen LogP contribution in [0.1, 0.15) is 35.5 Å². The van der Waals surface area contributed by atoms with Crippen molar-refractivity contribution < 1.29 is 9.53 Å². The summed E-state index contributed by atoms with van der Waals surface area (Å²) < 4.78 is 5.15. The number of carbonyl (C=O) groups excluding carboxylic acids is 1. The number of para-hydroxylation sites is 1. The Kier molecular flexibility index (Phi) is 3.99. The summed E-state index contributed by atoms with van der Waals surface area (Å²) >= 11 is 0. The fourth-order valence-electron chi connectivity index (χ4n) is 2.21. The molecular formula is C16H16N2O2. The molecule has 0 amide bonds. The van der Waals surface area contributed by atoms with E-state index >= 15 is 0 Å². The Morgan fingerprint density at radius 3 is 2.80 bits per heavy atom. The summed E-state index contributed by atoms with van der Waals surface area (Å²) in [6.45, 7) is 5.42. The SMILES string of the molecule is CCc1nc2ccccc2c(C(=O)OC(C)C#N)c1C. The van der Waals surface area contributed by atoms with E-state index in [1.807, 2.05) is 44.2 Å². The minimum atomic E-state index is -0.765. The average Bonchev–Trinajstić information content (AvgIpc) is 2.46. The number of esters is 1. The van der Waals surface area contributed by atoms with Crippen LogP contribution >= 0.6 is 0 Å². The van der Waals surface area contributed by atoms with E-state index in [-0.39, 0.29) is 0 Å². The number of pyridine rings is 1. The van der Waals surface area contributed by atoms with E-state index in [2.05, 4.69) is 4.98 Å². The van der Waals surface area contributed by atoms with Crippen LogP contribution in [0.25, 0.3) is 10.9 Å². The number of aryl methyl sites for hydroxylation is 1. The van der Waals surface area contributed by atoms with Crippen LogP contribution in [0.5, 0.6) is 0 Å². The van der Waals surface area contributed by atoms with Crippen molar-refractivity contribution in [1.82, 2.24) is 4.98 Å². The van der Waals surface area contributed by atoms with Gasteiger partial charge in [-0.15, -0.1) is 0 Å². The van der Waals surface area contributed by atoms with Gasteiger partial charge in [-0.1, -0.05) is 25.1 Å². The zero-order chi connectivity index (χ0) is 14.7. The molecule has 0 saturated carbocycles. The highest BCUT2D eigenvalue weighted by molar-refractivity contribution is 6.05. The van der Waals surface area contributed by atoms with Crippen molar-refractivity contribution >= 4 is 16.9 Å². The fraction of sp³-hybridized carbons (Fsp3) is 0.312. The molecule has 0 fully saturated rings. The molecule has 4 nitrogen and oxygen atoms in total. The number of benzene rings is 1. The molecule has 0 spiro atoms. The van der Waals surface area contributed by atoms with Gasteiger partial charge >= 0.3 is 5.97 Å². The van der Waals surface area contributed by atoms with Crippen LogP contribution < -0.4 is 0 Å². The predicted octanol–water partition coefficient (Wildman–Crippen LogP) is 3.17. The zero-order valence-corrected chi connectivity index (χ0v) is 11.8. The van der Waals surface area contributed by atoms with Gasteiger partial charge in [0, 0.05) is 11.1 Å². The molecule has 102 valence electrons. The van der Waals surface area contributed by atoms with Gasteiger partial charge in [0.2, 0.25) is 0 Å². The van der Waals surface area contributed by atoms with Gasteiger partial charge in [0.25, 0.3) is 0 Å². The highest BCUT2D eigenvalue weighted by Crippen LogP contribution is 2.24. The van der Waals surface area contributed by atoms with E-state index in [0.29, 0.717) is 5.56 Å². The maximum absolute atomic E-state index is 12.3. The number of aromatic nitrogens is 1. The summed E-state index contributed by atoms with van der Waals surface area (Å²) in [4.78, 5) is 16.9. The number of rotatable bonds is 3. The molecule has 1 aromatic heterocycles. The monoisotopic (exact) mass is 268 g/mol. The first-order valence-corrected chi connectivity index (χ1v) is 6.57. The molecular weight excluding hydrogens is 252 g/mol. The van der Waals surface area contributed by atoms with Crippen molar-refractivity contribution in [2.24, 2.45) is 0 Å². The molecule has 1 aromatic carbocycles. The number of carbonyl (C=O) groups is 1. The lowest BCUT2D eigenvalue weighted by Gasteiger charge is -2.13. The second-order valence-electron chi connectivity index (χ2n) is 4.61. The Labute approximate surface area is 118 Å². The van der Waals surface area contributed by atoms with E-state index in [1.54, 1.807) is 6.92 Å². The molecule has 0 aliphatic rings. The van der Waals surface area contributed by atoms with E-state index in [0.717, 1.165) is 28.6 Å². The molecule has 0 radical (unpaired) electrons. The molecule has 2 rings (SSSR count). The van der Waals surface area contributed by atoms with Gasteiger partial charge in [-0.3, -0.25) is 4.98 Å². The second kappa shape index (κ2) is 5.70. The molecule has 4 heteroatoms. The van der Waals surface area contributed by atoms with Crippen LogP contribution in [0.15, 0.2) is 24.3 Å².